The third-order valence-electron chi connectivity index (χ3n) is 2.67. The Morgan fingerprint density at radius 1 is 1.69 bits per heavy atom. The molecule has 1 aromatic rings. The fraction of sp³-hybridized carbons (Fsp3) is 0.636. The van der Waals surface area contributed by atoms with Crippen LogP contribution >= 0.6 is 0 Å². The van der Waals surface area contributed by atoms with Crippen LogP contribution in [0.4, 0.5) is 0 Å². The topological polar surface area (TPSA) is 58.2 Å². The molecule has 0 aliphatic heterocycles. The van der Waals surface area contributed by atoms with Crippen LogP contribution < -0.4 is 0 Å². The zero-order valence-corrected chi connectivity index (χ0v) is 10.1. The number of rotatable bonds is 6. The van der Waals surface area contributed by atoms with Gasteiger partial charge in [0.15, 0.2) is 0 Å². The van der Waals surface area contributed by atoms with Gasteiger partial charge in [-0.05, 0) is 13.3 Å². The second-order valence-corrected chi connectivity index (χ2v) is 3.74. The molecule has 1 rings (SSSR count). The number of nitrogens with one attached hydrogen (secondary N) is 1. The molecule has 0 spiro atoms. The molecule has 0 bridgehead atoms. The molecule has 1 amide bonds. The van der Waals surface area contributed by atoms with Gasteiger partial charge in [0.25, 0.3) is 5.91 Å². The van der Waals surface area contributed by atoms with E-state index in [-0.39, 0.29) is 11.9 Å². The molecule has 1 N–H and O–H groups in total. The standard InChI is InChI=1S/C11H19N3O2/c1-4-9(2)14(5-6-16-3)11(15)10-7-12-13-8-10/h7-9H,4-6H2,1-3H3,(H,12,13). The lowest BCUT2D eigenvalue weighted by atomic mass is 10.2. The third kappa shape index (κ3) is 3.06. The van der Waals surface area contributed by atoms with Crippen molar-refractivity contribution in [1.29, 1.82) is 0 Å². The van der Waals surface area contributed by atoms with Gasteiger partial charge < -0.3 is 9.64 Å². The number of H-pyrrole nitrogens is 1. The lowest BCUT2D eigenvalue weighted by Gasteiger charge is -2.27. The largest absolute Gasteiger partial charge is 0.383 e. The van der Waals surface area contributed by atoms with Gasteiger partial charge in [0.1, 0.15) is 0 Å². The maximum Gasteiger partial charge on any atom is 0.257 e. The average molecular weight is 225 g/mol. The van der Waals surface area contributed by atoms with Crippen LogP contribution in [0, 0.1) is 0 Å². The maximum atomic E-state index is 12.1. The summed E-state index contributed by atoms with van der Waals surface area (Å²) in [6.45, 7) is 5.25. The van der Waals surface area contributed by atoms with Gasteiger partial charge in [0.05, 0.1) is 18.4 Å². The summed E-state index contributed by atoms with van der Waals surface area (Å²) >= 11 is 0. The number of ether oxygens (including phenoxy) is 1. The Kier molecular flexibility index (Phi) is 4.98. The van der Waals surface area contributed by atoms with E-state index in [1.165, 1.54) is 0 Å². The summed E-state index contributed by atoms with van der Waals surface area (Å²) in [5.41, 5.74) is 0.594. The van der Waals surface area contributed by atoms with Crippen LogP contribution in [0.1, 0.15) is 30.6 Å². The molecule has 90 valence electrons. The zero-order chi connectivity index (χ0) is 12.0. The van der Waals surface area contributed by atoms with Crippen LogP contribution in [0.25, 0.3) is 0 Å². The average Bonchev–Trinajstić information content (AvgIpc) is 2.82. The number of aromatic amines is 1. The van der Waals surface area contributed by atoms with Crippen LogP contribution in [-0.2, 0) is 4.74 Å². The second kappa shape index (κ2) is 6.27. The quantitative estimate of drug-likeness (QED) is 0.793. The Bertz CT molecular complexity index is 311. The maximum absolute atomic E-state index is 12.1. The minimum atomic E-state index is 0.000139. The first-order chi connectivity index (χ1) is 7.70. The van der Waals surface area contributed by atoms with Gasteiger partial charge in [0, 0.05) is 25.9 Å². The molecule has 0 saturated heterocycles. The summed E-state index contributed by atoms with van der Waals surface area (Å²) in [5, 5.41) is 6.44. The molecule has 1 aromatic heterocycles. The van der Waals surface area contributed by atoms with E-state index in [1.807, 2.05) is 11.8 Å². The van der Waals surface area contributed by atoms with E-state index in [0.717, 1.165) is 6.42 Å². The lowest BCUT2D eigenvalue weighted by Crippen LogP contribution is -2.40. The van der Waals surface area contributed by atoms with E-state index in [4.69, 9.17) is 4.74 Å². The number of hydrogen-bond donors (Lipinski definition) is 1. The lowest BCUT2D eigenvalue weighted by molar-refractivity contribution is 0.0614. The number of aromatic nitrogens is 2. The highest BCUT2D eigenvalue weighted by molar-refractivity contribution is 5.93. The van der Waals surface area contributed by atoms with Crippen LogP contribution in [0.3, 0.4) is 0 Å². The highest BCUT2D eigenvalue weighted by Crippen LogP contribution is 2.09. The van der Waals surface area contributed by atoms with Crippen molar-refractivity contribution in [2.45, 2.75) is 26.3 Å². The van der Waals surface area contributed by atoms with Crippen LogP contribution in [0.2, 0.25) is 0 Å². The zero-order valence-electron chi connectivity index (χ0n) is 10.1. The number of methoxy groups -OCH3 is 1. The Hall–Kier alpha value is -1.36. The van der Waals surface area contributed by atoms with Gasteiger partial charge in [-0.15, -0.1) is 0 Å². The molecule has 5 heteroatoms. The monoisotopic (exact) mass is 225 g/mol. The van der Waals surface area contributed by atoms with Crippen LogP contribution in [-0.4, -0.2) is 47.3 Å². The van der Waals surface area contributed by atoms with Crippen molar-refractivity contribution in [3.05, 3.63) is 18.0 Å². The Morgan fingerprint density at radius 3 is 2.94 bits per heavy atom. The van der Waals surface area contributed by atoms with Crippen molar-refractivity contribution >= 4 is 5.91 Å². The summed E-state index contributed by atoms with van der Waals surface area (Å²) in [7, 11) is 1.64. The Balaban J connectivity index is 2.71. The fourth-order valence-electron chi connectivity index (χ4n) is 1.47. The highest BCUT2D eigenvalue weighted by Gasteiger charge is 2.20. The SMILES string of the molecule is CCC(C)N(CCOC)C(=O)c1cn[nH]c1. The van der Waals surface area contributed by atoms with Crippen LogP contribution in [0.15, 0.2) is 12.4 Å². The van der Waals surface area contributed by atoms with Crippen molar-refractivity contribution in [1.82, 2.24) is 15.1 Å². The number of carbonyl (C=O) groups excluding carboxylic acids is 1. The molecule has 1 atom stereocenters. The Labute approximate surface area is 95.8 Å². The molecule has 0 fully saturated rings. The summed E-state index contributed by atoms with van der Waals surface area (Å²) in [6, 6.07) is 0.206. The summed E-state index contributed by atoms with van der Waals surface area (Å²) in [5.74, 6) is 0.000139. The Morgan fingerprint density at radius 2 is 2.44 bits per heavy atom. The molecule has 1 unspecified atom stereocenters. The predicted molar refractivity (Wildman–Crippen MR) is 61.3 cm³/mol. The summed E-state index contributed by atoms with van der Waals surface area (Å²) in [6.07, 6.45) is 4.09. The highest BCUT2D eigenvalue weighted by atomic mass is 16.5. The van der Waals surface area contributed by atoms with Crippen molar-refractivity contribution in [2.24, 2.45) is 0 Å². The number of hydrogen-bond acceptors (Lipinski definition) is 3. The fourth-order valence-corrected chi connectivity index (χ4v) is 1.47. The molecule has 1 heterocycles. The van der Waals surface area contributed by atoms with Gasteiger partial charge in [-0.1, -0.05) is 6.92 Å². The van der Waals surface area contributed by atoms with Crippen LogP contribution in [0.5, 0.6) is 0 Å². The molecule has 16 heavy (non-hydrogen) atoms. The molecule has 0 aliphatic rings. The van der Waals surface area contributed by atoms with Gasteiger partial charge in [-0.2, -0.15) is 5.10 Å². The molecule has 0 aromatic carbocycles. The molecule has 0 saturated carbocycles. The third-order valence-corrected chi connectivity index (χ3v) is 2.67. The van der Waals surface area contributed by atoms with Gasteiger partial charge in [-0.3, -0.25) is 9.89 Å². The van der Waals surface area contributed by atoms with Crippen molar-refractivity contribution in [3.8, 4) is 0 Å². The smallest absolute Gasteiger partial charge is 0.257 e. The second-order valence-electron chi connectivity index (χ2n) is 3.74. The summed E-state index contributed by atoms with van der Waals surface area (Å²) < 4.78 is 5.02. The van der Waals surface area contributed by atoms with Gasteiger partial charge in [-0.25, -0.2) is 0 Å². The van der Waals surface area contributed by atoms with E-state index < -0.39 is 0 Å². The van der Waals surface area contributed by atoms with E-state index in [2.05, 4.69) is 17.1 Å². The number of nitrogens with zero attached hydrogens (tertiary/aromatic N) is 2. The predicted octanol–water partition coefficient (Wildman–Crippen LogP) is 1.30. The number of amides is 1. The molecule has 0 radical (unpaired) electrons. The normalized spacial score (nSPS) is 12.4. The molecule has 0 aliphatic carbocycles. The van der Waals surface area contributed by atoms with Gasteiger partial charge >= 0.3 is 0 Å². The van der Waals surface area contributed by atoms with Crippen molar-refractivity contribution in [3.63, 3.8) is 0 Å². The first-order valence-corrected chi connectivity index (χ1v) is 5.49. The van der Waals surface area contributed by atoms with Crippen molar-refractivity contribution in [2.75, 3.05) is 20.3 Å². The van der Waals surface area contributed by atoms with E-state index in [9.17, 15) is 4.79 Å². The number of carbonyl (C=O) groups is 1. The molecular weight excluding hydrogens is 206 g/mol. The van der Waals surface area contributed by atoms with E-state index in [0.29, 0.717) is 18.7 Å². The minimum absolute atomic E-state index is 0.000139. The van der Waals surface area contributed by atoms with Gasteiger partial charge in [0.2, 0.25) is 0 Å². The molecular formula is C11H19N3O2. The minimum Gasteiger partial charge on any atom is -0.383 e. The molecule has 5 nitrogen and oxygen atoms in total. The van der Waals surface area contributed by atoms with E-state index in [1.54, 1.807) is 19.5 Å². The first kappa shape index (κ1) is 12.7. The first-order valence-electron chi connectivity index (χ1n) is 5.49. The summed E-state index contributed by atoms with van der Waals surface area (Å²) in [4.78, 5) is 13.9. The van der Waals surface area contributed by atoms with E-state index >= 15 is 0 Å². The van der Waals surface area contributed by atoms with Crippen molar-refractivity contribution < 1.29 is 9.53 Å².